The van der Waals surface area contributed by atoms with Gasteiger partial charge in [0.25, 0.3) is 0 Å². The number of carbonyl (C=O) groups excluding carboxylic acids is 1. The fourth-order valence-electron chi connectivity index (χ4n) is 1.50. The molecule has 0 radical (unpaired) electrons. The molecule has 1 aromatic rings. The van der Waals surface area contributed by atoms with Gasteiger partial charge in [-0.25, -0.2) is 8.42 Å². The molecule has 3 N–H and O–H groups in total. The average molecular weight is 332 g/mol. The van der Waals surface area contributed by atoms with Crippen LogP contribution < -0.4 is 15.8 Å². The number of ether oxygens (including phenoxy) is 1. The van der Waals surface area contributed by atoms with Crippen LogP contribution in [-0.4, -0.2) is 44.9 Å². The van der Waals surface area contributed by atoms with Crippen LogP contribution in [0.15, 0.2) is 18.2 Å². The van der Waals surface area contributed by atoms with Gasteiger partial charge < -0.3 is 15.8 Å². The minimum atomic E-state index is -2.94. The van der Waals surface area contributed by atoms with Crippen molar-refractivity contribution in [2.24, 2.45) is 0 Å². The van der Waals surface area contributed by atoms with Crippen LogP contribution in [0, 0.1) is 0 Å². The first-order valence-corrected chi connectivity index (χ1v) is 9.52. The number of thioether (sulfide) groups is 1. The van der Waals surface area contributed by atoms with Gasteiger partial charge in [0.1, 0.15) is 15.6 Å². The Labute approximate surface area is 129 Å². The number of anilines is 2. The van der Waals surface area contributed by atoms with E-state index in [1.165, 1.54) is 25.1 Å². The Morgan fingerprint density at radius 3 is 2.71 bits per heavy atom. The molecule has 1 amide bonds. The van der Waals surface area contributed by atoms with Gasteiger partial charge in [-0.3, -0.25) is 4.79 Å². The molecule has 21 heavy (non-hydrogen) atoms. The second-order valence-corrected chi connectivity index (χ2v) is 7.98. The van der Waals surface area contributed by atoms with Crippen LogP contribution in [-0.2, 0) is 14.6 Å². The molecule has 0 unspecified atom stereocenters. The molecule has 6 nitrogen and oxygen atoms in total. The predicted octanol–water partition coefficient (Wildman–Crippen LogP) is 1.38. The predicted molar refractivity (Wildman–Crippen MR) is 87.7 cm³/mol. The topological polar surface area (TPSA) is 98.5 Å². The average Bonchev–Trinajstić information content (AvgIpc) is 2.39. The number of benzene rings is 1. The highest BCUT2D eigenvalue weighted by molar-refractivity contribution is 8.00. The number of nitrogen functional groups attached to an aromatic ring is 1. The van der Waals surface area contributed by atoms with Crippen molar-refractivity contribution >= 4 is 38.9 Å². The minimum absolute atomic E-state index is 0.130. The lowest BCUT2D eigenvalue weighted by atomic mass is 10.2. The number of nitrogens with one attached hydrogen (secondary N) is 1. The summed E-state index contributed by atoms with van der Waals surface area (Å²) in [7, 11) is -1.43. The third kappa shape index (κ3) is 7.24. The van der Waals surface area contributed by atoms with Crippen LogP contribution in [0.2, 0.25) is 0 Å². The zero-order valence-electron chi connectivity index (χ0n) is 12.1. The van der Waals surface area contributed by atoms with Gasteiger partial charge in [0.2, 0.25) is 5.91 Å². The number of hydrogen-bond acceptors (Lipinski definition) is 6. The standard InChI is InChI=1S/C13H20N2O4S2/c1-19-12-9-10(14)3-4-11(12)15-13(16)5-6-20-7-8-21(2,17)18/h3-4,9H,5-8,14H2,1-2H3,(H,15,16). The van der Waals surface area contributed by atoms with E-state index in [0.29, 0.717) is 35.1 Å². The quantitative estimate of drug-likeness (QED) is 0.551. The van der Waals surface area contributed by atoms with Crippen molar-refractivity contribution in [2.45, 2.75) is 6.42 Å². The molecule has 0 atom stereocenters. The Morgan fingerprint density at radius 1 is 1.38 bits per heavy atom. The smallest absolute Gasteiger partial charge is 0.225 e. The number of hydrogen-bond donors (Lipinski definition) is 2. The molecular weight excluding hydrogens is 312 g/mol. The monoisotopic (exact) mass is 332 g/mol. The van der Waals surface area contributed by atoms with Crippen LogP contribution in [0.4, 0.5) is 11.4 Å². The van der Waals surface area contributed by atoms with Gasteiger partial charge in [-0.2, -0.15) is 11.8 Å². The van der Waals surface area contributed by atoms with E-state index in [-0.39, 0.29) is 11.7 Å². The lowest BCUT2D eigenvalue weighted by molar-refractivity contribution is -0.115. The van der Waals surface area contributed by atoms with E-state index in [0.717, 1.165) is 0 Å². The number of amides is 1. The number of nitrogens with two attached hydrogens (primary N) is 1. The Hall–Kier alpha value is -1.41. The summed E-state index contributed by atoms with van der Waals surface area (Å²) in [5, 5.41) is 2.74. The van der Waals surface area contributed by atoms with Crippen LogP contribution >= 0.6 is 11.8 Å². The zero-order valence-corrected chi connectivity index (χ0v) is 13.7. The summed E-state index contributed by atoms with van der Waals surface area (Å²) >= 11 is 1.44. The molecule has 0 aliphatic heterocycles. The third-order valence-corrected chi connectivity index (χ3v) is 4.76. The van der Waals surface area contributed by atoms with Crippen LogP contribution in [0.1, 0.15) is 6.42 Å². The Morgan fingerprint density at radius 2 is 2.10 bits per heavy atom. The Bertz CT molecular complexity index is 588. The highest BCUT2D eigenvalue weighted by Crippen LogP contribution is 2.26. The molecule has 0 aliphatic carbocycles. The summed E-state index contributed by atoms with van der Waals surface area (Å²) in [6.45, 7) is 0. The van der Waals surface area contributed by atoms with Gasteiger partial charge in [-0.1, -0.05) is 0 Å². The molecule has 1 rings (SSSR count). The van der Waals surface area contributed by atoms with Gasteiger partial charge in [-0.05, 0) is 12.1 Å². The maximum Gasteiger partial charge on any atom is 0.225 e. The van der Waals surface area contributed by atoms with Crippen molar-refractivity contribution in [1.29, 1.82) is 0 Å². The van der Waals surface area contributed by atoms with Gasteiger partial charge in [0.15, 0.2) is 0 Å². The number of carbonyl (C=O) groups is 1. The van der Waals surface area contributed by atoms with E-state index in [2.05, 4.69) is 5.32 Å². The lowest BCUT2D eigenvalue weighted by Gasteiger charge is -2.10. The van der Waals surface area contributed by atoms with Crippen LogP contribution in [0.5, 0.6) is 5.75 Å². The van der Waals surface area contributed by atoms with E-state index in [1.807, 2.05) is 0 Å². The summed E-state index contributed by atoms with van der Waals surface area (Å²) < 4.78 is 27.0. The molecule has 0 spiro atoms. The summed E-state index contributed by atoms with van der Waals surface area (Å²) in [6, 6.07) is 5.00. The summed E-state index contributed by atoms with van der Waals surface area (Å²) in [4.78, 5) is 11.8. The maximum absolute atomic E-state index is 11.8. The molecule has 1 aromatic carbocycles. The fraction of sp³-hybridized carbons (Fsp3) is 0.462. The minimum Gasteiger partial charge on any atom is -0.494 e. The van der Waals surface area contributed by atoms with E-state index >= 15 is 0 Å². The normalized spacial score (nSPS) is 11.1. The summed E-state index contributed by atoms with van der Waals surface area (Å²) in [5.74, 6) is 1.55. The van der Waals surface area contributed by atoms with Gasteiger partial charge in [0, 0.05) is 35.9 Å². The SMILES string of the molecule is COc1cc(N)ccc1NC(=O)CCSCCS(C)(=O)=O. The third-order valence-electron chi connectivity index (χ3n) is 2.57. The van der Waals surface area contributed by atoms with Crippen molar-refractivity contribution < 1.29 is 17.9 Å². The zero-order chi connectivity index (χ0) is 15.9. The van der Waals surface area contributed by atoms with E-state index < -0.39 is 9.84 Å². The van der Waals surface area contributed by atoms with Crippen molar-refractivity contribution in [1.82, 2.24) is 0 Å². The highest BCUT2D eigenvalue weighted by Gasteiger charge is 2.08. The molecule has 8 heteroatoms. The molecular formula is C13H20N2O4S2. The molecule has 0 fully saturated rings. The first kappa shape index (κ1) is 17.6. The molecule has 0 bridgehead atoms. The van der Waals surface area contributed by atoms with Crippen LogP contribution in [0.3, 0.4) is 0 Å². The highest BCUT2D eigenvalue weighted by atomic mass is 32.2. The van der Waals surface area contributed by atoms with Crippen molar-refractivity contribution in [3.8, 4) is 5.75 Å². The molecule has 118 valence electrons. The van der Waals surface area contributed by atoms with Gasteiger partial charge >= 0.3 is 0 Å². The van der Waals surface area contributed by atoms with E-state index in [9.17, 15) is 13.2 Å². The van der Waals surface area contributed by atoms with E-state index in [1.54, 1.807) is 18.2 Å². The van der Waals surface area contributed by atoms with Gasteiger partial charge in [0.05, 0.1) is 18.6 Å². The first-order valence-electron chi connectivity index (χ1n) is 6.30. The largest absolute Gasteiger partial charge is 0.494 e. The number of methoxy groups -OCH3 is 1. The fourth-order valence-corrected chi connectivity index (χ4v) is 3.72. The summed E-state index contributed by atoms with van der Waals surface area (Å²) in [5.41, 5.74) is 6.76. The number of sulfone groups is 1. The van der Waals surface area contributed by atoms with Crippen LogP contribution in [0.25, 0.3) is 0 Å². The van der Waals surface area contributed by atoms with E-state index in [4.69, 9.17) is 10.5 Å². The molecule has 0 heterocycles. The van der Waals surface area contributed by atoms with Gasteiger partial charge in [-0.15, -0.1) is 0 Å². The lowest BCUT2D eigenvalue weighted by Crippen LogP contribution is -2.13. The molecule has 0 aliphatic rings. The Kier molecular flexibility index (Phi) is 6.83. The number of rotatable bonds is 8. The maximum atomic E-state index is 11.8. The second-order valence-electron chi connectivity index (χ2n) is 4.50. The Balaban J connectivity index is 2.37. The molecule has 0 saturated heterocycles. The van der Waals surface area contributed by atoms with Crippen molar-refractivity contribution in [3.05, 3.63) is 18.2 Å². The molecule has 0 aromatic heterocycles. The van der Waals surface area contributed by atoms with Crippen molar-refractivity contribution in [3.63, 3.8) is 0 Å². The van der Waals surface area contributed by atoms with Crippen molar-refractivity contribution in [2.75, 3.05) is 41.7 Å². The first-order chi connectivity index (χ1) is 9.81. The molecule has 0 saturated carbocycles. The second kappa shape index (κ2) is 8.14. The summed E-state index contributed by atoms with van der Waals surface area (Å²) in [6.07, 6.45) is 1.51.